The van der Waals surface area contributed by atoms with E-state index in [1.165, 1.54) is 10.8 Å². The van der Waals surface area contributed by atoms with E-state index < -0.39 is 0 Å². The first-order valence-electron chi connectivity index (χ1n) is 18.3. The van der Waals surface area contributed by atoms with Crippen molar-refractivity contribution in [1.29, 1.82) is 10.5 Å². The molecule has 5 heteroatoms. The second kappa shape index (κ2) is 11.8. The number of para-hydroxylation sites is 7. The number of hydrogen-bond acceptors (Lipinski definition) is 2. The van der Waals surface area contributed by atoms with E-state index in [2.05, 4.69) is 153 Å². The summed E-state index contributed by atoms with van der Waals surface area (Å²) >= 11 is 0. The third-order valence-electron chi connectivity index (χ3n) is 11.1. The molecule has 11 aromatic rings. The van der Waals surface area contributed by atoms with E-state index in [-0.39, 0.29) is 0 Å². The molecular weight excluding hydrogens is 671 g/mol. The van der Waals surface area contributed by atoms with Crippen LogP contribution in [0.4, 0.5) is 0 Å². The Morgan fingerprint density at radius 2 is 0.782 bits per heavy atom. The molecule has 0 amide bonds. The van der Waals surface area contributed by atoms with Crippen molar-refractivity contribution in [2.75, 3.05) is 0 Å². The Labute approximate surface area is 316 Å². The SMILES string of the molecule is N#Cc1cccc(-c2ccccc2-n2c3ccccc3c3cccc(C#N)c32)c1-n1c2ccccc2c2c(-n3c4ccccc4c4ccccc43)cccc21. The Morgan fingerprint density at radius 1 is 0.327 bits per heavy atom. The van der Waals surface area contributed by atoms with E-state index in [4.69, 9.17) is 0 Å². The number of benzene rings is 8. The van der Waals surface area contributed by atoms with Gasteiger partial charge in [0.25, 0.3) is 0 Å². The molecule has 0 unspecified atom stereocenters. The summed E-state index contributed by atoms with van der Waals surface area (Å²) in [4.78, 5) is 0. The van der Waals surface area contributed by atoms with Crippen LogP contribution in [0.1, 0.15) is 11.1 Å². The van der Waals surface area contributed by atoms with Crippen molar-refractivity contribution >= 4 is 65.4 Å². The maximum atomic E-state index is 10.9. The summed E-state index contributed by atoms with van der Waals surface area (Å²) in [6.07, 6.45) is 0. The maximum Gasteiger partial charge on any atom is 0.101 e. The lowest BCUT2D eigenvalue weighted by atomic mass is 9.98. The zero-order valence-corrected chi connectivity index (χ0v) is 29.5. The highest BCUT2D eigenvalue weighted by Gasteiger charge is 2.24. The van der Waals surface area contributed by atoms with Crippen molar-refractivity contribution in [2.24, 2.45) is 0 Å². The zero-order valence-electron chi connectivity index (χ0n) is 29.5. The standard InChI is InChI=1S/C50H29N5/c51-30-32-14-11-21-38-36-18-3-8-25-43(36)54(49(32)38)44-26-9-4-19-37(44)39-22-12-15-33(31-52)50(39)55-45-27-10-5-20-40(45)48-46(28-13-29-47(48)55)53-41-23-6-1-16-34(41)35-17-2-7-24-42(35)53/h1-29H. The summed E-state index contributed by atoms with van der Waals surface area (Å²) in [5.74, 6) is 0. The smallest absolute Gasteiger partial charge is 0.101 e. The van der Waals surface area contributed by atoms with Gasteiger partial charge in [0.1, 0.15) is 12.1 Å². The Kier molecular flexibility index (Phi) is 6.61. The second-order valence-electron chi connectivity index (χ2n) is 13.9. The van der Waals surface area contributed by atoms with Crippen LogP contribution in [-0.2, 0) is 0 Å². The Morgan fingerprint density at radius 3 is 1.47 bits per heavy atom. The molecule has 0 fully saturated rings. The van der Waals surface area contributed by atoms with E-state index >= 15 is 0 Å². The Bertz CT molecular complexity index is 3420. The quantitative estimate of drug-likeness (QED) is 0.184. The predicted molar refractivity (Wildman–Crippen MR) is 224 cm³/mol. The summed E-state index contributed by atoms with van der Waals surface area (Å²) in [5.41, 5.74) is 12.0. The molecule has 5 nitrogen and oxygen atoms in total. The minimum atomic E-state index is 0.567. The maximum absolute atomic E-state index is 10.9. The van der Waals surface area contributed by atoms with Gasteiger partial charge in [-0.15, -0.1) is 0 Å². The molecule has 0 radical (unpaired) electrons. The van der Waals surface area contributed by atoms with Crippen LogP contribution in [0, 0.1) is 22.7 Å². The topological polar surface area (TPSA) is 62.4 Å². The van der Waals surface area contributed by atoms with Crippen molar-refractivity contribution < 1.29 is 0 Å². The van der Waals surface area contributed by atoms with Gasteiger partial charge >= 0.3 is 0 Å². The van der Waals surface area contributed by atoms with Crippen molar-refractivity contribution in [3.8, 4) is 40.3 Å². The lowest BCUT2D eigenvalue weighted by Crippen LogP contribution is -2.04. The largest absolute Gasteiger partial charge is 0.309 e. The van der Waals surface area contributed by atoms with Crippen molar-refractivity contribution in [2.45, 2.75) is 0 Å². The summed E-state index contributed by atoms with van der Waals surface area (Å²) < 4.78 is 6.87. The van der Waals surface area contributed by atoms with Gasteiger partial charge in [-0.25, -0.2) is 0 Å². The fraction of sp³-hybridized carbons (Fsp3) is 0. The van der Waals surface area contributed by atoms with E-state index in [0.717, 1.165) is 82.8 Å². The van der Waals surface area contributed by atoms with Crippen LogP contribution >= 0.6 is 0 Å². The van der Waals surface area contributed by atoms with Gasteiger partial charge in [-0.2, -0.15) is 10.5 Å². The molecule has 0 aliphatic rings. The molecule has 55 heavy (non-hydrogen) atoms. The summed E-state index contributed by atoms with van der Waals surface area (Å²) in [5, 5.41) is 28.0. The molecule has 3 heterocycles. The molecule has 3 aromatic heterocycles. The summed E-state index contributed by atoms with van der Waals surface area (Å²) in [7, 11) is 0. The lowest BCUT2D eigenvalue weighted by Gasteiger charge is -2.19. The number of fused-ring (bicyclic) bond motifs is 9. The van der Waals surface area contributed by atoms with Gasteiger partial charge in [0.05, 0.1) is 61.3 Å². The fourth-order valence-corrected chi connectivity index (χ4v) is 8.96. The Balaban J connectivity index is 1.26. The van der Waals surface area contributed by atoms with Crippen LogP contribution in [0.15, 0.2) is 176 Å². The second-order valence-corrected chi connectivity index (χ2v) is 13.9. The Hall–Kier alpha value is -7.86. The van der Waals surface area contributed by atoms with Crippen molar-refractivity contribution in [3.63, 3.8) is 0 Å². The van der Waals surface area contributed by atoms with E-state index in [1.54, 1.807) is 0 Å². The first-order valence-corrected chi connectivity index (χ1v) is 18.3. The van der Waals surface area contributed by atoms with Gasteiger partial charge in [-0.05, 0) is 54.6 Å². The molecule has 11 rings (SSSR count). The normalized spacial score (nSPS) is 11.6. The molecule has 0 aliphatic heterocycles. The first kappa shape index (κ1) is 30.7. The lowest BCUT2D eigenvalue weighted by molar-refractivity contribution is 1.15. The highest BCUT2D eigenvalue weighted by atomic mass is 15.0. The van der Waals surface area contributed by atoms with Gasteiger partial charge in [-0.1, -0.05) is 121 Å². The van der Waals surface area contributed by atoms with Crippen molar-refractivity contribution in [3.05, 3.63) is 187 Å². The van der Waals surface area contributed by atoms with Crippen LogP contribution in [0.25, 0.3) is 93.6 Å². The van der Waals surface area contributed by atoms with E-state index in [1.807, 2.05) is 48.5 Å². The van der Waals surface area contributed by atoms with Gasteiger partial charge in [0, 0.05) is 43.4 Å². The van der Waals surface area contributed by atoms with Crippen LogP contribution in [0.2, 0.25) is 0 Å². The third-order valence-corrected chi connectivity index (χ3v) is 11.1. The van der Waals surface area contributed by atoms with Crippen LogP contribution < -0.4 is 0 Å². The van der Waals surface area contributed by atoms with E-state index in [0.29, 0.717) is 11.1 Å². The van der Waals surface area contributed by atoms with Crippen LogP contribution in [0.3, 0.4) is 0 Å². The highest BCUT2D eigenvalue weighted by molar-refractivity contribution is 6.17. The summed E-state index contributed by atoms with van der Waals surface area (Å²) in [6, 6.07) is 65.8. The molecule has 8 aromatic carbocycles. The third kappa shape index (κ3) is 4.27. The van der Waals surface area contributed by atoms with Gasteiger partial charge in [0.2, 0.25) is 0 Å². The van der Waals surface area contributed by atoms with Crippen molar-refractivity contribution in [1.82, 2.24) is 13.7 Å². The van der Waals surface area contributed by atoms with Crippen LogP contribution in [-0.4, -0.2) is 13.7 Å². The number of nitriles is 2. The first-order chi connectivity index (χ1) is 27.3. The molecule has 0 N–H and O–H groups in total. The molecule has 0 spiro atoms. The molecule has 0 saturated heterocycles. The van der Waals surface area contributed by atoms with Gasteiger partial charge in [0.15, 0.2) is 0 Å². The molecule has 0 saturated carbocycles. The summed E-state index contributed by atoms with van der Waals surface area (Å²) in [6.45, 7) is 0. The highest BCUT2D eigenvalue weighted by Crippen LogP contribution is 2.44. The monoisotopic (exact) mass is 699 g/mol. The number of aromatic nitrogens is 3. The van der Waals surface area contributed by atoms with E-state index in [9.17, 15) is 10.5 Å². The van der Waals surface area contributed by atoms with Gasteiger partial charge < -0.3 is 13.7 Å². The average Bonchev–Trinajstić information content (AvgIpc) is 3.89. The average molecular weight is 700 g/mol. The number of rotatable bonds is 4. The number of hydrogen-bond donors (Lipinski definition) is 0. The minimum absolute atomic E-state index is 0.567. The fourth-order valence-electron chi connectivity index (χ4n) is 8.96. The molecule has 0 atom stereocenters. The minimum Gasteiger partial charge on any atom is -0.309 e. The predicted octanol–water partition coefficient (Wildman–Crippen LogP) is 12.4. The molecule has 0 aliphatic carbocycles. The molecular formula is C50H29N5. The zero-order chi connectivity index (χ0) is 36.6. The molecule has 0 bridgehead atoms. The van der Waals surface area contributed by atoms with Gasteiger partial charge in [-0.3, -0.25) is 0 Å². The molecule has 254 valence electrons. The number of nitrogens with zero attached hydrogens (tertiary/aromatic N) is 5. The van der Waals surface area contributed by atoms with Crippen LogP contribution in [0.5, 0.6) is 0 Å².